The fourth-order valence-corrected chi connectivity index (χ4v) is 3.21. The molecule has 1 amide bonds. The van der Waals surface area contributed by atoms with Crippen molar-refractivity contribution in [1.29, 1.82) is 0 Å². The molecule has 1 aliphatic rings. The highest BCUT2D eigenvalue weighted by molar-refractivity contribution is 8.01. The van der Waals surface area contributed by atoms with E-state index in [4.69, 9.17) is 4.74 Å². The number of carbonyl (C=O) groups excluding carboxylic acids is 1. The molecule has 5 heteroatoms. The molecule has 0 radical (unpaired) electrons. The fourth-order valence-electron chi connectivity index (χ4n) is 2.58. The van der Waals surface area contributed by atoms with Gasteiger partial charge in [0.25, 0.3) is 0 Å². The number of nitrogens with one attached hydrogen (secondary N) is 1. The molecule has 3 nitrogen and oxygen atoms in total. The number of rotatable bonds is 4. The molecule has 122 valence electrons. The van der Waals surface area contributed by atoms with E-state index in [1.165, 1.54) is 12.1 Å². The summed E-state index contributed by atoms with van der Waals surface area (Å²) < 4.78 is 19.0. The molecule has 1 aromatic carbocycles. The van der Waals surface area contributed by atoms with E-state index in [1.807, 2.05) is 6.07 Å². The third-order valence-corrected chi connectivity index (χ3v) is 5.01. The summed E-state index contributed by atoms with van der Waals surface area (Å²) in [6.45, 7) is 7.40. The summed E-state index contributed by atoms with van der Waals surface area (Å²) in [5.41, 5.74) is 0.306. The number of benzene rings is 1. The molecule has 1 heterocycles. The van der Waals surface area contributed by atoms with E-state index >= 15 is 0 Å². The van der Waals surface area contributed by atoms with Crippen molar-refractivity contribution in [1.82, 2.24) is 5.32 Å². The van der Waals surface area contributed by atoms with Crippen molar-refractivity contribution >= 4 is 17.7 Å². The summed E-state index contributed by atoms with van der Waals surface area (Å²) in [6, 6.07) is 6.51. The van der Waals surface area contributed by atoms with Gasteiger partial charge in [0.15, 0.2) is 0 Å². The third-order valence-electron chi connectivity index (χ3n) is 3.74. The maximum Gasteiger partial charge on any atom is 0.230 e. The Hall–Kier alpha value is -1.07. The predicted molar refractivity (Wildman–Crippen MR) is 88.5 cm³/mol. The quantitative estimate of drug-likeness (QED) is 0.921. The SMILES string of the molecule is CC(C)(C)SCC(=O)NC1(c2cccc(F)c2)CCOCC1. The van der Waals surface area contributed by atoms with E-state index in [9.17, 15) is 9.18 Å². The zero-order chi connectivity index (χ0) is 16.2. The second-order valence-electron chi connectivity index (χ2n) is 6.65. The number of carbonyl (C=O) groups is 1. The monoisotopic (exact) mass is 325 g/mol. The van der Waals surface area contributed by atoms with E-state index in [2.05, 4.69) is 26.1 Å². The number of hydrogen-bond donors (Lipinski definition) is 1. The van der Waals surface area contributed by atoms with Crippen molar-refractivity contribution in [2.24, 2.45) is 0 Å². The second-order valence-corrected chi connectivity index (χ2v) is 8.46. The summed E-state index contributed by atoms with van der Waals surface area (Å²) in [5, 5.41) is 3.14. The molecule has 2 rings (SSSR count). The van der Waals surface area contributed by atoms with Crippen LogP contribution in [0.3, 0.4) is 0 Å². The number of amides is 1. The number of thioether (sulfide) groups is 1. The van der Waals surface area contributed by atoms with Crippen LogP contribution in [0.25, 0.3) is 0 Å². The number of halogens is 1. The van der Waals surface area contributed by atoms with Gasteiger partial charge >= 0.3 is 0 Å². The van der Waals surface area contributed by atoms with E-state index in [0.29, 0.717) is 31.8 Å². The lowest BCUT2D eigenvalue weighted by Crippen LogP contribution is -2.50. The van der Waals surface area contributed by atoms with Crippen LogP contribution < -0.4 is 5.32 Å². The van der Waals surface area contributed by atoms with Gasteiger partial charge in [-0.3, -0.25) is 4.79 Å². The van der Waals surface area contributed by atoms with Gasteiger partial charge in [0.05, 0.1) is 11.3 Å². The standard InChI is InChI=1S/C17H24FNO2S/c1-16(2,3)22-12-15(20)19-17(7-9-21-10-8-17)13-5-4-6-14(18)11-13/h4-6,11H,7-10,12H2,1-3H3,(H,19,20). The molecule has 1 aliphatic heterocycles. The van der Waals surface area contributed by atoms with Crippen molar-refractivity contribution in [3.63, 3.8) is 0 Å². The highest BCUT2D eigenvalue weighted by Crippen LogP contribution is 2.33. The van der Waals surface area contributed by atoms with E-state index in [1.54, 1.807) is 17.8 Å². The number of hydrogen-bond acceptors (Lipinski definition) is 3. The van der Waals surface area contributed by atoms with Gasteiger partial charge in [-0.2, -0.15) is 0 Å². The van der Waals surface area contributed by atoms with Crippen LogP contribution in [0.15, 0.2) is 24.3 Å². The molecule has 1 saturated heterocycles. The average molecular weight is 325 g/mol. The summed E-state index contributed by atoms with van der Waals surface area (Å²) in [4.78, 5) is 12.4. The molecule has 0 aliphatic carbocycles. The van der Waals surface area contributed by atoms with Crippen LogP contribution in [0.2, 0.25) is 0 Å². The minimum Gasteiger partial charge on any atom is -0.381 e. The minimum absolute atomic E-state index is 0.00825. The molecule has 0 spiro atoms. The molecule has 0 bridgehead atoms. The summed E-state index contributed by atoms with van der Waals surface area (Å²) in [7, 11) is 0. The topological polar surface area (TPSA) is 38.3 Å². The molecule has 0 aromatic heterocycles. The lowest BCUT2D eigenvalue weighted by molar-refractivity contribution is -0.122. The van der Waals surface area contributed by atoms with Gasteiger partial charge in [0, 0.05) is 18.0 Å². The first-order valence-electron chi connectivity index (χ1n) is 7.60. The highest BCUT2D eigenvalue weighted by atomic mass is 32.2. The predicted octanol–water partition coefficient (Wildman–Crippen LogP) is 3.48. The third kappa shape index (κ3) is 4.71. The molecule has 22 heavy (non-hydrogen) atoms. The van der Waals surface area contributed by atoms with Crippen LogP contribution in [0, 0.1) is 5.82 Å². The van der Waals surface area contributed by atoms with Crippen molar-refractivity contribution in [3.8, 4) is 0 Å². The first-order chi connectivity index (χ1) is 10.3. The molecule has 0 saturated carbocycles. The van der Waals surface area contributed by atoms with E-state index in [-0.39, 0.29) is 16.5 Å². The Labute approximate surface area is 136 Å². The Bertz CT molecular complexity index is 522. The normalized spacial score (nSPS) is 18.0. The minimum atomic E-state index is -0.518. The highest BCUT2D eigenvalue weighted by Gasteiger charge is 2.36. The summed E-state index contributed by atoms with van der Waals surface area (Å²) in [5.74, 6) is 0.120. The van der Waals surface area contributed by atoms with Gasteiger partial charge in [-0.1, -0.05) is 32.9 Å². The largest absolute Gasteiger partial charge is 0.381 e. The Morgan fingerprint density at radius 3 is 2.64 bits per heavy atom. The molecule has 1 N–H and O–H groups in total. The molecular weight excluding hydrogens is 301 g/mol. The lowest BCUT2D eigenvalue weighted by Gasteiger charge is -2.38. The Morgan fingerprint density at radius 1 is 1.36 bits per heavy atom. The van der Waals surface area contributed by atoms with Gasteiger partial charge in [-0.15, -0.1) is 11.8 Å². The molecule has 1 fully saturated rings. The van der Waals surface area contributed by atoms with Gasteiger partial charge in [-0.05, 0) is 30.5 Å². The maximum atomic E-state index is 13.6. The van der Waals surface area contributed by atoms with E-state index < -0.39 is 5.54 Å². The summed E-state index contributed by atoms with van der Waals surface area (Å²) in [6.07, 6.45) is 1.34. The van der Waals surface area contributed by atoms with Crippen LogP contribution >= 0.6 is 11.8 Å². The van der Waals surface area contributed by atoms with Gasteiger partial charge in [0.2, 0.25) is 5.91 Å². The summed E-state index contributed by atoms with van der Waals surface area (Å²) >= 11 is 1.61. The van der Waals surface area contributed by atoms with E-state index in [0.717, 1.165) is 5.56 Å². The smallest absolute Gasteiger partial charge is 0.230 e. The van der Waals surface area contributed by atoms with Gasteiger partial charge < -0.3 is 10.1 Å². The van der Waals surface area contributed by atoms with Crippen LogP contribution in [-0.2, 0) is 15.1 Å². The van der Waals surface area contributed by atoms with Crippen LogP contribution in [0.4, 0.5) is 4.39 Å². The van der Waals surface area contributed by atoms with Crippen molar-refractivity contribution < 1.29 is 13.9 Å². The Kier molecular flexibility index (Phi) is 5.50. The van der Waals surface area contributed by atoms with Crippen molar-refractivity contribution in [2.45, 2.75) is 43.9 Å². The zero-order valence-electron chi connectivity index (χ0n) is 13.4. The Balaban J connectivity index is 2.14. The zero-order valence-corrected chi connectivity index (χ0v) is 14.3. The molecular formula is C17H24FNO2S. The molecule has 0 atom stereocenters. The van der Waals surface area contributed by atoms with Gasteiger partial charge in [-0.25, -0.2) is 4.39 Å². The maximum absolute atomic E-state index is 13.6. The first-order valence-corrected chi connectivity index (χ1v) is 8.58. The second kappa shape index (κ2) is 7.01. The van der Waals surface area contributed by atoms with Gasteiger partial charge in [0.1, 0.15) is 5.82 Å². The molecule has 1 aromatic rings. The molecule has 0 unspecified atom stereocenters. The first kappa shape index (κ1) is 17.3. The van der Waals surface area contributed by atoms with Crippen LogP contribution in [-0.4, -0.2) is 29.6 Å². The van der Waals surface area contributed by atoms with Crippen molar-refractivity contribution in [3.05, 3.63) is 35.6 Å². The van der Waals surface area contributed by atoms with Crippen LogP contribution in [0.5, 0.6) is 0 Å². The lowest BCUT2D eigenvalue weighted by atomic mass is 9.82. The van der Waals surface area contributed by atoms with Crippen LogP contribution in [0.1, 0.15) is 39.2 Å². The van der Waals surface area contributed by atoms with Crippen molar-refractivity contribution in [2.75, 3.05) is 19.0 Å². The number of ether oxygens (including phenoxy) is 1. The fraction of sp³-hybridized carbons (Fsp3) is 0.588. The Morgan fingerprint density at radius 2 is 2.05 bits per heavy atom. The average Bonchev–Trinajstić information content (AvgIpc) is 2.45.